The van der Waals surface area contributed by atoms with Crippen molar-refractivity contribution >= 4 is 12.2 Å². The molecular weight excluding hydrogens is 184 g/mol. The van der Waals surface area contributed by atoms with Crippen molar-refractivity contribution in [2.45, 2.75) is 0 Å². The van der Waals surface area contributed by atoms with E-state index in [1.54, 1.807) is 15.6 Å². The second-order valence-corrected chi connectivity index (χ2v) is 3.33. The molecule has 68 valence electrons. The van der Waals surface area contributed by atoms with Gasteiger partial charge in [0, 0.05) is 26.4 Å². The summed E-state index contributed by atoms with van der Waals surface area (Å²) in [5, 5.41) is 7.22. The van der Waals surface area contributed by atoms with E-state index in [0.29, 0.717) is 0 Å². The minimum absolute atomic E-state index is 0.788. The monoisotopic (exact) mass is 194 g/mol. The summed E-state index contributed by atoms with van der Waals surface area (Å²) in [6, 6.07) is 3.87. The van der Waals surface area contributed by atoms with Gasteiger partial charge in [-0.25, -0.2) is 0 Å². The van der Waals surface area contributed by atoms with Crippen molar-refractivity contribution in [1.82, 2.24) is 19.6 Å². The molecule has 0 aliphatic heterocycles. The van der Waals surface area contributed by atoms with E-state index in [4.69, 9.17) is 12.2 Å². The number of aromatic amines is 1. The van der Waals surface area contributed by atoms with Crippen LogP contribution in [0.1, 0.15) is 0 Å². The normalized spacial score (nSPS) is 10.6. The minimum atomic E-state index is 0.788. The SMILES string of the molecule is Cn1nccc1-c1cc(=S)n(C)[nH]1. The van der Waals surface area contributed by atoms with Crippen LogP contribution in [0.2, 0.25) is 0 Å². The first-order chi connectivity index (χ1) is 6.18. The van der Waals surface area contributed by atoms with Gasteiger partial charge in [-0.3, -0.25) is 14.5 Å². The van der Waals surface area contributed by atoms with E-state index in [1.165, 1.54) is 0 Å². The van der Waals surface area contributed by atoms with Crippen LogP contribution in [-0.2, 0) is 14.1 Å². The summed E-state index contributed by atoms with van der Waals surface area (Å²) in [6.07, 6.45) is 1.76. The Balaban J connectivity index is 2.59. The number of hydrogen-bond donors (Lipinski definition) is 1. The summed E-state index contributed by atoms with van der Waals surface area (Å²) in [4.78, 5) is 0. The summed E-state index contributed by atoms with van der Waals surface area (Å²) in [5.74, 6) is 0. The molecule has 0 unspecified atom stereocenters. The first-order valence-electron chi connectivity index (χ1n) is 3.93. The largest absolute Gasteiger partial charge is 0.296 e. The fourth-order valence-electron chi connectivity index (χ4n) is 1.26. The highest BCUT2D eigenvalue weighted by Crippen LogP contribution is 2.15. The van der Waals surface area contributed by atoms with Gasteiger partial charge in [-0.1, -0.05) is 12.2 Å². The predicted octanol–water partition coefficient (Wildman–Crippen LogP) is 1.48. The Kier molecular flexibility index (Phi) is 1.81. The molecule has 0 saturated heterocycles. The van der Waals surface area contributed by atoms with Crippen LogP contribution in [-0.4, -0.2) is 19.6 Å². The fourth-order valence-corrected chi connectivity index (χ4v) is 1.42. The number of aryl methyl sites for hydroxylation is 2. The average molecular weight is 194 g/mol. The molecule has 2 aromatic rings. The number of nitrogens with zero attached hydrogens (tertiary/aromatic N) is 3. The standard InChI is InChI=1S/C8H10N4S/c1-11-7(3-4-9-11)6-5-8(13)12(2)10-6/h3-5,10H,1-2H3. The molecule has 0 amide bonds. The van der Waals surface area contributed by atoms with Crippen LogP contribution in [0.5, 0.6) is 0 Å². The van der Waals surface area contributed by atoms with E-state index in [1.807, 2.05) is 26.2 Å². The average Bonchev–Trinajstić information content (AvgIpc) is 2.60. The molecule has 2 heterocycles. The highest BCUT2D eigenvalue weighted by Gasteiger charge is 2.04. The van der Waals surface area contributed by atoms with E-state index >= 15 is 0 Å². The third kappa shape index (κ3) is 1.31. The molecule has 0 aromatic carbocycles. The smallest absolute Gasteiger partial charge is 0.122 e. The van der Waals surface area contributed by atoms with Crippen LogP contribution in [0.25, 0.3) is 11.4 Å². The molecule has 13 heavy (non-hydrogen) atoms. The first kappa shape index (κ1) is 8.25. The maximum Gasteiger partial charge on any atom is 0.122 e. The number of aromatic nitrogens is 4. The maximum absolute atomic E-state index is 5.09. The van der Waals surface area contributed by atoms with E-state index in [9.17, 15) is 0 Å². The van der Waals surface area contributed by atoms with Gasteiger partial charge < -0.3 is 0 Å². The topological polar surface area (TPSA) is 38.5 Å². The molecule has 1 N–H and O–H groups in total. The van der Waals surface area contributed by atoms with Crippen LogP contribution < -0.4 is 0 Å². The lowest BCUT2D eigenvalue weighted by atomic mass is 10.3. The van der Waals surface area contributed by atoms with Gasteiger partial charge in [0.25, 0.3) is 0 Å². The molecule has 0 saturated carbocycles. The molecule has 0 fully saturated rings. The summed E-state index contributed by atoms with van der Waals surface area (Å²) in [5.41, 5.74) is 2.03. The molecule has 2 rings (SSSR count). The second-order valence-electron chi connectivity index (χ2n) is 2.91. The molecule has 0 atom stereocenters. The van der Waals surface area contributed by atoms with Gasteiger partial charge in [0.2, 0.25) is 0 Å². The van der Waals surface area contributed by atoms with Gasteiger partial charge >= 0.3 is 0 Å². The van der Waals surface area contributed by atoms with Crippen molar-refractivity contribution < 1.29 is 0 Å². The molecule has 0 bridgehead atoms. The highest BCUT2D eigenvalue weighted by atomic mass is 32.1. The van der Waals surface area contributed by atoms with Gasteiger partial charge in [0.15, 0.2) is 0 Å². The zero-order chi connectivity index (χ0) is 9.42. The zero-order valence-electron chi connectivity index (χ0n) is 7.48. The summed E-state index contributed by atoms with van der Waals surface area (Å²) in [6.45, 7) is 0. The number of H-pyrrole nitrogens is 1. The molecule has 0 spiro atoms. The fraction of sp³-hybridized carbons (Fsp3) is 0.250. The van der Waals surface area contributed by atoms with Crippen molar-refractivity contribution in [3.63, 3.8) is 0 Å². The van der Waals surface area contributed by atoms with E-state index < -0.39 is 0 Å². The molecule has 2 aromatic heterocycles. The summed E-state index contributed by atoms with van der Waals surface area (Å²) in [7, 11) is 3.79. The first-order valence-corrected chi connectivity index (χ1v) is 4.34. The van der Waals surface area contributed by atoms with E-state index in [0.717, 1.165) is 16.0 Å². The van der Waals surface area contributed by atoms with E-state index in [-0.39, 0.29) is 0 Å². The lowest BCUT2D eigenvalue weighted by Gasteiger charge is -1.97. The Morgan fingerprint density at radius 3 is 2.69 bits per heavy atom. The minimum Gasteiger partial charge on any atom is -0.296 e. The van der Waals surface area contributed by atoms with Crippen molar-refractivity contribution in [3.8, 4) is 11.4 Å². The molecule has 0 aliphatic carbocycles. The summed E-state index contributed by atoms with van der Waals surface area (Å²) < 4.78 is 4.40. The Morgan fingerprint density at radius 1 is 1.46 bits per heavy atom. The molecular formula is C8H10N4S. The second kappa shape index (κ2) is 2.85. The van der Waals surface area contributed by atoms with Crippen LogP contribution >= 0.6 is 12.2 Å². The van der Waals surface area contributed by atoms with Gasteiger partial charge in [0.1, 0.15) is 4.64 Å². The van der Waals surface area contributed by atoms with Gasteiger partial charge in [-0.15, -0.1) is 0 Å². The van der Waals surface area contributed by atoms with E-state index in [2.05, 4.69) is 10.2 Å². The van der Waals surface area contributed by atoms with Crippen molar-refractivity contribution in [2.24, 2.45) is 14.1 Å². The van der Waals surface area contributed by atoms with Gasteiger partial charge in [0.05, 0.1) is 11.4 Å². The maximum atomic E-state index is 5.09. The zero-order valence-corrected chi connectivity index (χ0v) is 8.30. The number of nitrogens with one attached hydrogen (secondary N) is 1. The Morgan fingerprint density at radius 2 is 2.23 bits per heavy atom. The lowest BCUT2D eigenvalue weighted by Crippen LogP contribution is -1.95. The summed E-state index contributed by atoms with van der Waals surface area (Å²) >= 11 is 5.09. The quantitative estimate of drug-likeness (QED) is 0.698. The molecule has 4 nitrogen and oxygen atoms in total. The Labute approximate surface area is 80.8 Å². The highest BCUT2D eigenvalue weighted by molar-refractivity contribution is 7.71. The number of hydrogen-bond acceptors (Lipinski definition) is 2. The third-order valence-corrected chi connectivity index (χ3v) is 2.38. The third-order valence-electron chi connectivity index (χ3n) is 1.98. The molecule has 5 heteroatoms. The number of rotatable bonds is 1. The Hall–Kier alpha value is -1.36. The lowest BCUT2D eigenvalue weighted by molar-refractivity contribution is 0.743. The van der Waals surface area contributed by atoms with Gasteiger partial charge in [-0.2, -0.15) is 5.10 Å². The van der Waals surface area contributed by atoms with Crippen molar-refractivity contribution in [3.05, 3.63) is 23.0 Å². The van der Waals surface area contributed by atoms with Crippen LogP contribution in [0.4, 0.5) is 0 Å². The van der Waals surface area contributed by atoms with Gasteiger partial charge in [-0.05, 0) is 6.07 Å². The predicted molar refractivity (Wildman–Crippen MR) is 52.8 cm³/mol. The molecule has 0 aliphatic rings. The molecule has 0 radical (unpaired) electrons. The van der Waals surface area contributed by atoms with Crippen LogP contribution in [0.15, 0.2) is 18.3 Å². The van der Waals surface area contributed by atoms with Crippen molar-refractivity contribution in [2.75, 3.05) is 0 Å². The van der Waals surface area contributed by atoms with Crippen molar-refractivity contribution in [1.29, 1.82) is 0 Å². The van der Waals surface area contributed by atoms with Crippen LogP contribution in [0, 0.1) is 4.64 Å². The Bertz CT molecular complexity index is 476. The van der Waals surface area contributed by atoms with Crippen LogP contribution in [0.3, 0.4) is 0 Å².